The van der Waals surface area contributed by atoms with Crippen LogP contribution in [0.1, 0.15) is 5.56 Å². The van der Waals surface area contributed by atoms with Gasteiger partial charge in [0.1, 0.15) is 0 Å². The molecule has 0 bridgehead atoms. The maximum absolute atomic E-state index is 12.9. The molecule has 0 saturated carbocycles. The summed E-state index contributed by atoms with van der Waals surface area (Å²) in [5, 5.41) is 8.10. The van der Waals surface area contributed by atoms with E-state index in [2.05, 4.69) is 79.1 Å². The molecule has 6 rings (SSSR count). The average molecular weight is 544 g/mol. The molecule has 1 aliphatic heterocycles. The number of fused-ring (bicyclic) bond motifs is 5. The van der Waals surface area contributed by atoms with Gasteiger partial charge >= 0.3 is 0 Å². The second kappa shape index (κ2) is 7.19. The molecule has 0 unspecified atom stereocenters. The zero-order valence-corrected chi connectivity index (χ0v) is 20.0. The van der Waals surface area contributed by atoms with E-state index in [-0.39, 0.29) is 5.91 Å². The lowest BCUT2D eigenvalue weighted by atomic mass is 9.98. The van der Waals surface area contributed by atoms with Gasteiger partial charge in [0.05, 0.1) is 16.8 Å². The summed E-state index contributed by atoms with van der Waals surface area (Å²) in [4.78, 5) is 16.4. The van der Waals surface area contributed by atoms with Gasteiger partial charge in [-0.1, -0.05) is 87.0 Å². The molecule has 1 aromatic heterocycles. The summed E-state index contributed by atoms with van der Waals surface area (Å²) in [6.07, 6.45) is 0. The lowest BCUT2D eigenvalue weighted by Crippen LogP contribution is -2.08. The van der Waals surface area contributed by atoms with E-state index >= 15 is 0 Å². The summed E-state index contributed by atoms with van der Waals surface area (Å²) < 4.78 is 2.03. The fourth-order valence-electron chi connectivity index (χ4n) is 4.62. The number of carbonyl (C=O) groups is 1. The zero-order chi connectivity index (χ0) is 22.0. The van der Waals surface area contributed by atoms with Gasteiger partial charge in [-0.05, 0) is 35.4 Å². The Bertz CT molecular complexity index is 1680. The van der Waals surface area contributed by atoms with E-state index in [0.717, 1.165) is 63.6 Å². The predicted octanol–water partition coefficient (Wildman–Crippen LogP) is 6.07. The Morgan fingerprint density at radius 3 is 1.97 bits per heavy atom. The van der Waals surface area contributed by atoms with Crippen LogP contribution in [0.15, 0.2) is 81.7 Å². The molecule has 0 saturated heterocycles. The average Bonchev–Trinajstić information content (AvgIpc) is 3.31. The molecular weight excluding hydrogens is 528 g/mol. The smallest absolute Gasteiger partial charge is 0.256 e. The van der Waals surface area contributed by atoms with Crippen molar-refractivity contribution in [2.24, 2.45) is 0 Å². The van der Waals surface area contributed by atoms with Gasteiger partial charge < -0.3 is 10.3 Å². The minimum Gasteiger partial charge on any atom is -0.354 e. The lowest BCUT2D eigenvalue weighted by molar-refractivity contribution is -0.110. The molecule has 154 valence electrons. The zero-order valence-electron chi connectivity index (χ0n) is 16.8. The molecule has 0 aliphatic carbocycles. The van der Waals surface area contributed by atoms with Crippen molar-refractivity contribution in [3.63, 3.8) is 0 Å². The Morgan fingerprint density at radius 2 is 1.28 bits per heavy atom. The first-order valence-corrected chi connectivity index (χ1v) is 11.7. The van der Waals surface area contributed by atoms with Gasteiger partial charge in [-0.2, -0.15) is 0 Å². The molecule has 0 radical (unpaired) electrons. The maximum atomic E-state index is 12.9. The number of nitrogens with one attached hydrogen (secondary N) is 2. The van der Waals surface area contributed by atoms with Crippen LogP contribution in [0.2, 0.25) is 0 Å². The van der Waals surface area contributed by atoms with Crippen LogP contribution >= 0.6 is 31.9 Å². The highest BCUT2D eigenvalue weighted by Crippen LogP contribution is 2.34. The number of H-pyrrole nitrogens is 1. The quantitative estimate of drug-likeness (QED) is 0.279. The maximum Gasteiger partial charge on any atom is 0.256 e. The third kappa shape index (κ3) is 2.89. The number of hydrogen-bond donors (Lipinski definition) is 2. The minimum atomic E-state index is -0.0743. The van der Waals surface area contributed by atoms with E-state index in [9.17, 15) is 4.79 Å². The van der Waals surface area contributed by atoms with Gasteiger partial charge in [0.25, 0.3) is 5.91 Å². The molecule has 0 fully saturated rings. The molecular formula is C27H16Br2N2O. The van der Waals surface area contributed by atoms with Crippen molar-refractivity contribution in [1.29, 1.82) is 0 Å². The topological polar surface area (TPSA) is 44.9 Å². The first-order valence-electron chi connectivity index (χ1n) is 10.1. The normalized spacial score (nSPS) is 13.1. The minimum absolute atomic E-state index is 0.0743. The summed E-state index contributed by atoms with van der Waals surface area (Å²) >= 11 is 6.97. The molecule has 4 aromatic carbocycles. The molecule has 0 spiro atoms. The van der Waals surface area contributed by atoms with Gasteiger partial charge in [0.2, 0.25) is 0 Å². The van der Waals surface area contributed by atoms with Crippen molar-refractivity contribution in [3.05, 3.63) is 97.9 Å². The van der Waals surface area contributed by atoms with Crippen molar-refractivity contribution in [1.82, 2.24) is 4.98 Å². The molecule has 5 aromatic rings. The summed E-state index contributed by atoms with van der Waals surface area (Å²) in [5.41, 5.74) is 5.71. The van der Waals surface area contributed by atoms with Gasteiger partial charge in [-0.25, -0.2) is 0 Å². The SMILES string of the molecule is C=c1[nH]c2c(ccc3c4c(ccc32)=C(c2ccc(Br)cc2)C(=O)N4)c1-c1ccc(Br)cc1. The van der Waals surface area contributed by atoms with Crippen LogP contribution in [-0.4, -0.2) is 10.9 Å². The van der Waals surface area contributed by atoms with Crippen molar-refractivity contribution in [3.8, 4) is 11.1 Å². The number of halogens is 2. The molecule has 1 amide bonds. The van der Waals surface area contributed by atoms with Gasteiger partial charge in [-0.15, -0.1) is 0 Å². The Morgan fingerprint density at radius 1 is 0.688 bits per heavy atom. The number of aromatic nitrogens is 1. The van der Waals surface area contributed by atoms with Crippen LogP contribution in [0.4, 0.5) is 5.69 Å². The predicted molar refractivity (Wildman–Crippen MR) is 139 cm³/mol. The fourth-order valence-corrected chi connectivity index (χ4v) is 5.14. The van der Waals surface area contributed by atoms with Gasteiger partial charge in [-0.3, -0.25) is 4.79 Å². The number of carbonyl (C=O) groups excluding carboxylic acids is 1. The van der Waals surface area contributed by atoms with Crippen LogP contribution in [0, 0.1) is 0 Å². The molecule has 32 heavy (non-hydrogen) atoms. The molecule has 2 N–H and O–H groups in total. The molecule has 3 nitrogen and oxygen atoms in total. The highest BCUT2D eigenvalue weighted by atomic mass is 79.9. The monoisotopic (exact) mass is 542 g/mol. The Labute approximate surface area is 200 Å². The van der Waals surface area contributed by atoms with Crippen LogP contribution < -0.4 is 15.9 Å². The third-order valence-corrected chi connectivity index (χ3v) is 7.11. The number of rotatable bonds is 2. The third-order valence-electron chi connectivity index (χ3n) is 6.05. The fraction of sp³-hybridized carbons (Fsp3) is 0. The first-order chi connectivity index (χ1) is 15.5. The van der Waals surface area contributed by atoms with Crippen LogP contribution in [-0.2, 0) is 4.79 Å². The number of anilines is 1. The highest BCUT2D eigenvalue weighted by Gasteiger charge is 2.24. The number of benzene rings is 4. The number of amides is 1. The Hall–Kier alpha value is -3.15. The molecule has 5 heteroatoms. The van der Waals surface area contributed by atoms with E-state index < -0.39 is 0 Å². The van der Waals surface area contributed by atoms with Crippen molar-refractivity contribution >= 4 is 77.3 Å². The largest absolute Gasteiger partial charge is 0.354 e. The first kappa shape index (κ1) is 19.5. The van der Waals surface area contributed by atoms with Crippen molar-refractivity contribution in [2.75, 3.05) is 5.32 Å². The van der Waals surface area contributed by atoms with Crippen LogP contribution in [0.5, 0.6) is 0 Å². The number of aromatic amines is 1. The standard InChI is InChI=1S/C27H16Br2N2O/c1-14-23(15-2-6-17(28)7-3-15)21-12-10-20-19(25(21)30-14)11-13-22-24(27(32)31-26(20)22)16-4-8-18(29)9-5-16/h2-13,30H,1H2,(H,31,32). The molecule has 2 heterocycles. The van der Waals surface area contributed by atoms with Crippen LogP contribution in [0.3, 0.4) is 0 Å². The Balaban J connectivity index is 1.62. The molecule has 1 aliphatic rings. The summed E-state index contributed by atoms with van der Waals surface area (Å²) in [7, 11) is 0. The second-order valence-corrected chi connectivity index (χ2v) is 9.72. The number of hydrogen-bond acceptors (Lipinski definition) is 1. The highest BCUT2D eigenvalue weighted by molar-refractivity contribution is 9.10. The van der Waals surface area contributed by atoms with E-state index in [1.807, 2.05) is 42.5 Å². The van der Waals surface area contributed by atoms with E-state index in [1.165, 1.54) is 0 Å². The van der Waals surface area contributed by atoms with Gasteiger partial charge in [0, 0.05) is 41.2 Å². The summed E-state index contributed by atoms with van der Waals surface area (Å²) in [6, 6.07) is 24.4. The lowest BCUT2D eigenvalue weighted by Gasteiger charge is -2.06. The van der Waals surface area contributed by atoms with Crippen molar-refractivity contribution in [2.45, 2.75) is 0 Å². The van der Waals surface area contributed by atoms with E-state index in [4.69, 9.17) is 0 Å². The van der Waals surface area contributed by atoms with Crippen molar-refractivity contribution < 1.29 is 4.79 Å². The van der Waals surface area contributed by atoms with E-state index in [1.54, 1.807) is 0 Å². The molecule has 0 atom stereocenters. The Kier molecular flexibility index (Phi) is 4.39. The summed E-state index contributed by atoms with van der Waals surface area (Å²) in [5.74, 6) is -0.0743. The summed E-state index contributed by atoms with van der Waals surface area (Å²) in [6.45, 7) is 4.26. The van der Waals surface area contributed by atoms with Crippen LogP contribution in [0.25, 0.3) is 45.0 Å². The van der Waals surface area contributed by atoms with E-state index in [0.29, 0.717) is 5.57 Å². The second-order valence-electron chi connectivity index (χ2n) is 7.89. The van der Waals surface area contributed by atoms with Gasteiger partial charge in [0.15, 0.2) is 0 Å².